The minimum atomic E-state index is -0.435. The highest BCUT2D eigenvalue weighted by Crippen LogP contribution is 2.01. The molecule has 0 saturated carbocycles. The molecule has 0 aromatic heterocycles. The van der Waals surface area contributed by atoms with E-state index < -0.39 is 11.8 Å². The predicted octanol–water partition coefficient (Wildman–Crippen LogP) is 1.49. The molecule has 1 rings (SSSR count). The molecule has 1 atom stereocenters. The normalized spacial score (nSPS) is 11.2. The smallest absolute Gasteiger partial charge is 0.257 e. The van der Waals surface area contributed by atoms with Crippen LogP contribution in [0, 0.1) is 17.2 Å². The second kappa shape index (κ2) is 5.66. The van der Waals surface area contributed by atoms with E-state index in [4.69, 9.17) is 5.26 Å². The molecule has 0 saturated heterocycles. The number of nitrogens with zero attached hydrogens (tertiary/aromatic N) is 1. The Morgan fingerprint density at radius 2 is 2.00 bits per heavy atom. The molecule has 0 heterocycles. The number of carbonyl (C=O) groups excluding carboxylic acids is 2. The first-order valence-corrected chi connectivity index (χ1v) is 4.92. The highest BCUT2D eigenvalue weighted by molar-refractivity contribution is 6.04. The number of rotatable bonds is 3. The quantitative estimate of drug-likeness (QED) is 0.832. The fraction of sp³-hybridized carbons (Fsp3) is 0.250. The second-order valence-corrected chi connectivity index (χ2v) is 3.48. The lowest BCUT2D eigenvalue weighted by molar-refractivity contribution is -0.120. The summed E-state index contributed by atoms with van der Waals surface area (Å²) in [6, 6.07) is 10.4. The molecular formula is C12H12N2O2. The van der Waals surface area contributed by atoms with Crippen molar-refractivity contribution in [3.05, 3.63) is 35.9 Å². The van der Waals surface area contributed by atoms with Crippen molar-refractivity contribution in [2.24, 2.45) is 5.92 Å². The van der Waals surface area contributed by atoms with Gasteiger partial charge in [-0.3, -0.25) is 14.9 Å². The molecule has 0 bridgehead atoms. The number of hydrogen-bond donors (Lipinski definition) is 1. The summed E-state index contributed by atoms with van der Waals surface area (Å²) in [4.78, 5) is 22.8. The first-order valence-electron chi connectivity index (χ1n) is 4.92. The van der Waals surface area contributed by atoms with Crippen LogP contribution < -0.4 is 5.32 Å². The lowest BCUT2D eigenvalue weighted by Crippen LogP contribution is -2.31. The molecule has 1 aromatic carbocycles. The second-order valence-electron chi connectivity index (χ2n) is 3.48. The molecule has 16 heavy (non-hydrogen) atoms. The molecule has 0 radical (unpaired) electrons. The van der Waals surface area contributed by atoms with E-state index in [0.717, 1.165) is 0 Å². The topological polar surface area (TPSA) is 70.0 Å². The van der Waals surface area contributed by atoms with Crippen molar-refractivity contribution in [3.63, 3.8) is 0 Å². The number of nitrogens with one attached hydrogen (secondary N) is 1. The summed E-state index contributed by atoms with van der Waals surface area (Å²) >= 11 is 0. The van der Waals surface area contributed by atoms with E-state index in [9.17, 15) is 9.59 Å². The Morgan fingerprint density at radius 3 is 2.56 bits per heavy atom. The molecule has 0 fully saturated rings. The molecular weight excluding hydrogens is 204 g/mol. The third-order valence-electron chi connectivity index (χ3n) is 2.00. The molecule has 0 aliphatic rings. The number of amides is 2. The number of hydrogen-bond acceptors (Lipinski definition) is 3. The van der Waals surface area contributed by atoms with Gasteiger partial charge in [0.15, 0.2) is 0 Å². The van der Waals surface area contributed by atoms with Crippen molar-refractivity contribution in [2.45, 2.75) is 13.3 Å². The summed E-state index contributed by atoms with van der Waals surface area (Å²) < 4.78 is 0. The summed E-state index contributed by atoms with van der Waals surface area (Å²) in [6.07, 6.45) is 0.0368. The number of nitriles is 1. The fourth-order valence-electron chi connectivity index (χ4n) is 1.16. The van der Waals surface area contributed by atoms with Gasteiger partial charge in [-0.15, -0.1) is 0 Å². The average molecular weight is 216 g/mol. The third kappa shape index (κ3) is 3.54. The zero-order valence-electron chi connectivity index (χ0n) is 8.93. The van der Waals surface area contributed by atoms with Crippen molar-refractivity contribution < 1.29 is 9.59 Å². The minimum absolute atomic E-state index is 0.0368. The molecule has 1 unspecified atom stereocenters. The van der Waals surface area contributed by atoms with Crippen molar-refractivity contribution in [1.29, 1.82) is 5.26 Å². The van der Waals surface area contributed by atoms with Crippen LogP contribution in [0.1, 0.15) is 23.7 Å². The van der Waals surface area contributed by atoms with Crippen LogP contribution >= 0.6 is 0 Å². The van der Waals surface area contributed by atoms with E-state index in [1.54, 1.807) is 37.3 Å². The van der Waals surface area contributed by atoms with E-state index in [2.05, 4.69) is 5.32 Å². The summed E-state index contributed by atoms with van der Waals surface area (Å²) in [5.74, 6) is -1.25. The number of imide groups is 1. The highest BCUT2D eigenvalue weighted by atomic mass is 16.2. The van der Waals surface area contributed by atoms with Gasteiger partial charge in [0.25, 0.3) is 5.91 Å². The van der Waals surface area contributed by atoms with Crippen LogP contribution in [-0.2, 0) is 4.79 Å². The van der Waals surface area contributed by atoms with E-state index in [-0.39, 0.29) is 12.3 Å². The zero-order chi connectivity index (χ0) is 12.0. The Bertz CT molecular complexity index is 420. The summed E-state index contributed by atoms with van der Waals surface area (Å²) in [7, 11) is 0. The minimum Gasteiger partial charge on any atom is -0.292 e. The summed E-state index contributed by atoms with van der Waals surface area (Å²) in [5, 5.41) is 10.8. The number of benzene rings is 1. The maximum absolute atomic E-state index is 11.5. The van der Waals surface area contributed by atoms with E-state index in [1.165, 1.54) is 0 Å². The van der Waals surface area contributed by atoms with E-state index in [1.807, 2.05) is 6.07 Å². The SMILES string of the molecule is CC(C#N)CC(=O)NC(=O)c1ccccc1. The predicted molar refractivity (Wildman–Crippen MR) is 58.3 cm³/mol. The Kier molecular flexibility index (Phi) is 4.22. The summed E-state index contributed by atoms with van der Waals surface area (Å²) in [5.41, 5.74) is 0.431. The molecule has 2 amide bonds. The average Bonchev–Trinajstić information content (AvgIpc) is 2.29. The van der Waals surface area contributed by atoms with Crippen LogP contribution in [0.2, 0.25) is 0 Å². The van der Waals surface area contributed by atoms with Gasteiger partial charge >= 0.3 is 0 Å². The van der Waals surface area contributed by atoms with Crippen LogP contribution in [0.3, 0.4) is 0 Å². The van der Waals surface area contributed by atoms with E-state index >= 15 is 0 Å². The van der Waals surface area contributed by atoms with Gasteiger partial charge < -0.3 is 0 Å². The molecule has 0 spiro atoms. The Labute approximate surface area is 93.9 Å². The lowest BCUT2D eigenvalue weighted by atomic mass is 10.1. The van der Waals surface area contributed by atoms with Gasteiger partial charge in [-0.25, -0.2) is 0 Å². The Balaban J connectivity index is 2.53. The Morgan fingerprint density at radius 1 is 1.38 bits per heavy atom. The largest absolute Gasteiger partial charge is 0.292 e. The molecule has 0 aliphatic heterocycles. The fourth-order valence-corrected chi connectivity index (χ4v) is 1.16. The third-order valence-corrected chi connectivity index (χ3v) is 2.00. The molecule has 82 valence electrons. The number of carbonyl (C=O) groups is 2. The van der Waals surface area contributed by atoms with Gasteiger partial charge in [-0.05, 0) is 19.1 Å². The maximum Gasteiger partial charge on any atom is 0.257 e. The van der Waals surface area contributed by atoms with Gasteiger partial charge in [0, 0.05) is 12.0 Å². The zero-order valence-corrected chi connectivity index (χ0v) is 8.93. The van der Waals surface area contributed by atoms with Gasteiger partial charge in [0.1, 0.15) is 0 Å². The van der Waals surface area contributed by atoms with Crippen LogP contribution in [0.5, 0.6) is 0 Å². The van der Waals surface area contributed by atoms with Crippen LogP contribution in [0.25, 0.3) is 0 Å². The van der Waals surface area contributed by atoms with Crippen molar-refractivity contribution in [2.75, 3.05) is 0 Å². The van der Waals surface area contributed by atoms with Crippen LogP contribution in [-0.4, -0.2) is 11.8 Å². The molecule has 1 aromatic rings. The molecule has 0 aliphatic carbocycles. The summed E-state index contributed by atoms with van der Waals surface area (Å²) in [6.45, 7) is 1.63. The van der Waals surface area contributed by atoms with Crippen molar-refractivity contribution in [1.82, 2.24) is 5.32 Å². The molecule has 4 heteroatoms. The van der Waals surface area contributed by atoms with Gasteiger partial charge in [-0.1, -0.05) is 18.2 Å². The first-order chi connectivity index (χ1) is 7.63. The van der Waals surface area contributed by atoms with Gasteiger partial charge in [0.05, 0.1) is 12.0 Å². The standard InChI is InChI=1S/C12H12N2O2/c1-9(8-13)7-11(15)14-12(16)10-5-3-2-4-6-10/h2-6,9H,7H2,1H3,(H,14,15,16). The molecule has 4 nitrogen and oxygen atoms in total. The first kappa shape index (κ1) is 11.9. The van der Waals surface area contributed by atoms with Crippen LogP contribution in [0.15, 0.2) is 30.3 Å². The monoisotopic (exact) mass is 216 g/mol. The van der Waals surface area contributed by atoms with Crippen molar-refractivity contribution in [3.8, 4) is 6.07 Å². The molecule has 1 N–H and O–H groups in total. The Hall–Kier alpha value is -2.15. The highest BCUT2D eigenvalue weighted by Gasteiger charge is 2.12. The lowest BCUT2D eigenvalue weighted by Gasteiger charge is -2.04. The van der Waals surface area contributed by atoms with E-state index in [0.29, 0.717) is 5.56 Å². The van der Waals surface area contributed by atoms with Crippen molar-refractivity contribution >= 4 is 11.8 Å². The maximum atomic E-state index is 11.5. The van der Waals surface area contributed by atoms with Gasteiger partial charge in [-0.2, -0.15) is 5.26 Å². The van der Waals surface area contributed by atoms with Crippen LogP contribution in [0.4, 0.5) is 0 Å². The van der Waals surface area contributed by atoms with Gasteiger partial charge in [0.2, 0.25) is 5.91 Å².